The summed E-state index contributed by atoms with van der Waals surface area (Å²) in [6.07, 6.45) is 0. The standard InChI is InChI=1S/C10H12N2O2/c1-7-5-3-4-6-8(7)9(10(11)13)12-14-2/h3-6H,1-2H3,(H2,11,13). The first-order valence-corrected chi connectivity index (χ1v) is 4.13. The molecule has 0 aliphatic rings. The van der Waals surface area contributed by atoms with Gasteiger partial charge in [-0.25, -0.2) is 0 Å². The second kappa shape index (κ2) is 4.41. The number of amides is 1. The van der Waals surface area contributed by atoms with Crippen LogP contribution >= 0.6 is 0 Å². The Labute approximate surface area is 82.4 Å². The van der Waals surface area contributed by atoms with E-state index in [2.05, 4.69) is 9.99 Å². The van der Waals surface area contributed by atoms with Gasteiger partial charge in [0, 0.05) is 5.56 Å². The van der Waals surface area contributed by atoms with Gasteiger partial charge in [0.05, 0.1) is 0 Å². The van der Waals surface area contributed by atoms with E-state index in [-0.39, 0.29) is 5.71 Å². The lowest BCUT2D eigenvalue weighted by molar-refractivity contribution is -0.112. The molecule has 0 aliphatic heterocycles. The maximum atomic E-state index is 11.1. The number of primary amides is 1. The molecule has 1 aromatic rings. The van der Waals surface area contributed by atoms with E-state index in [1.165, 1.54) is 7.11 Å². The summed E-state index contributed by atoms with van der Waals surface area (Å²) in [6.45, 7) is 1.88. The SMILES string of the molecule is CON=C(C(N)=O)c1ccccc1C. The fraction of sp³-hybridized carbons (Fsp3) is 0.200. The van der Waals surface area contributed by atoms with E-state index in [4.69, 9.17) is 5.73 Å². The molecule has 0 aliphatic carbocycles. The molecule has 0 saturated heterocycles. The Morgan fingerprint density at radius 3 is 2.57 bits per heavy atom. The van der Waals surface area contributed by atoms with Crippen LogP contribution in [-0.4, -0.2) is 18.7 Å². The van der Waals surface area contributed by atoms with Gasteiger partial charge in [-0.3, -0.25) is 4.79 Å². The molecule has 4 heteroatoms. The third-order valence-corrected chi connectivity index (χ3v) is 1.82. The average Bonchev–Trinajstić information content (AvgIpc) is 2.15. The van der Waals surface area contributed by atoms with Gasteiger partial charge in [0.15, 0.2) is 5.71 Å². The van der Waals surface area contributed by atoms with Crippen molar-refractivity contribution in [2.45, 2.75) is 6.92 Å². The lowest BCUT2D eigenvalue weighted by Crippen LogP contribution is -2.25. The molecule has 0 spiro atoms. The zero-order valence-corrected chi connectivity index (χ0v) is 8.15. The second-order valence-corrected chi connectivity index (χ2v) is 2.80. The average molecular weight is 192 g/mol. The summed E-state index contributed by atoms with van der Waals surface area (Å²) in [5, 5.41) is 3.60. The summed E-state index contributed by atoms with van der Waals surface area (Å²) in [7, 11) is 1.38. The molecule has 4 nitrogen and oxygen atoms in total. The number of oxime groups is 1. The van der Waals surface area contributed by atoms with Gasteiger partial charge in [-0.1, -0.05) is 29.4 Å². The first-order valence-electron chi connectivity index (χ1n) is 4.13. The zero-order chi connectivity index (χ0) is 10.6. The molecule has 1 aromatic carbocycles. The van der Waals surface area contributed by atoms with Crippen molar-refractivity contribution in [3.63, 3.8) is 0 Å². The number of rotatable bonds is 3. The van der Waals surface area contributed by atoms with Gasteiger partial charge in [0.25, 0.3) is 5.91 Å². The normalized spacial score (nSPS) is 11.1. The van der Waals surface area contributed by atoms with E-state index < -0.39 is 5.91 Å². The Bertz CT molecular complexity index is 372. The smallest absolute Gasteiger partial charge is 0.271 e. The molecule has 0 unspecified atom stereocenters. The summed E-state index contributed by atoms with van der Waals surface area (Å²) in [6, 6.07) is 7.35. The van der Waals surface area contributed by atoms with E-state index >= 15 is 0 Å². The third kappa shape index (κ3) is 2.10. The van der Waals surface area contributed by atoms with Crippen molar-refractivity contribution in [1.82, 2.24) is 0 Å². The number of nitrogens with two attached hydrogens (primary N) is 1. The summed E-state index contributed by atoms with van der Waals surface area (Å²) in [5.41, 5.74) is 6.95. The fourth-order valence-corrected chi connectivity index (χ4v) is 1.16. The Hall–Kier alpha value is -1.84. The number of carbonyl (C=O) groups is 1. The van der Waals surface area contributed by atoms with Crippen LogP contribution in [0.15, 0.2) is 29.4 Å². The van der Waals surface area contributed by atoms with Crippen molar-refractivity contribution in [2.75, 3.05) is 7.11 Å². The maximum absolute atomic E-state index is 11.1. The van der Waals surface area contributed by atoms with Crippen LogP contribution in [-0.2, 0) is 9.63 Å². The minimum absolute atomic E-state index is 0.144. The van der Waals surface area contributed by atoms with Gasteiger partial charge in [-0.2, -0.15) is 0 Å². The minimum Gasteiger partial charge on any atom is -0.398 e. The van der Waals surface area contributed by atoms with Crippen molar-refractivity contribution in [3.05, 3.63) is 35.4 Å². The van der Waals surface area contributed by atoms with Gasteiger partial charge in [-0.05, 0) is 12.5 Å². The van der Waals surface area contributed by atoms with Crippen LogP contribution in [0.4, 0.5) is 0 Å². The van der Waals surface area contributed by atoms with Gasteiger partial charge in [0.1, 0.15) is 7.11 Å². The molecule has 1 amide bonds. The first-order chi connectivity index (χ1) is 6.66. The monoisotopic (exact) mass is 192 g/mol. The summed E-state index contributed by atoms with van der Waals surface area (Å²) in [5.74, 6) is -0.596. The van der Waals surface area contributed by atoms with Crippen LogP contribution in [0, 0.1) is 6.92 Å². The largest absolute Gasteiger partial charge is 0.398 e. The molecule has 0 saturated carbocycles. The molecule has 2 N–H and O–H groups in total. The van der Waals surface area contributed by atoms with Gasteiger partial charge in [0.2, 0.25) is 0 Å². The van der Waals surface area contributed by atoms with E-state index in [9.17, 15) is 4.79 Å². The molecule has 0 atom stereocenters. The topological polar surface area (TPSA) is 64.7 Å². The molecule has 0 radical (unpaired) electrons. The van der Waals surface area contributed by atoms with Crippen LogP contribution in [0.5, 0.6) is 0 Å². The summed E-state index contributed by atoms with van der Waals surface area (Å²) in [4.78, 5) is 15.6. The lowest BCUT2D eigenvalue weighted by Gasteiger charge is -2.04. The van der Waals surface area contributed by atoms with Crippen molar-refractivity contribution in [2.24, 2.45) is 10.9 Å². The Morgan fingerprint density at radius 2 is 2.07 bits per heavy atom. The van der Waals surface area contributed by atoms with E-state index in [1.54, 1.807) is 6.07 Å². The highest BCUT2D eigenvalue weighted by Crippen LogP contribution is 2.08. The third-order valence-electron chi connectivity index (χ3n) is 1.82. The van der Waals surface area contributed by atoms with Crippen LogP contribution in [0.3, 0.4) is 0 Å². The number of hydrogen-bond donors (Lipinski definition) is 1. The number of aryl methyl sites for hydroxylation is 1. The molecule has 0 aromatic heterocycles. The molecule has 74 valence electrons. The highest BCUT2D eigenvalue weighted by molar-refractivity contribution is 6.45. The molecule has 0 heterocycles. The molecule has 0 bridgehead atoms. The number of hydrogen-bond acceptors (Lipinski definition) is 3. The van der Waals surface area contributed by atoms with Crippen molar-refractivity contribution in [1.29, 1.82) is 0 Å². The van der Waals surface area contributed by atoms with Gasteiger partial charge >= 0.3 is 0 Å². The predicted molar refractivity (Wildman–Crippen MR) is 53.9 cm³/mol. The minimum atomic E-state index is -0.596. The molecule has 1 rings (SSSR count). The summed E-state index contributed by atoms with van der Waals surface area (Å²) < 4.78 is 0. The van der Waals surface area contributed by atoms with E-state index in [1.807, 2.05) is 25.1 Å². The quantitative estimate of drug-likeness (QED) is 0.569. The first kappa shape index (κ1) is 10.2. The molecule has 14 heavy (non-hydrogen) atoms. The van der Waals surface area contributed by atoms with Gasteiger partial charge < -0.3 is 10.6 Å². The van der Waals surface area contributed by atoms with Crippen LogP contribution in [0.1, 0.15) is 11.1 Å². The number of nitrogens with zero attached hydrogens (tertiary/aromatic N) is 1. The van der Waals surface area contributed by atoms with Crippen LogP contribution < -0.4 is 5.73 Å². The lowest BCUT2D eigenvalue weighted by atomic mass is 10.0. The second-order valence-electron chi connectivity index (χ2n) is 2.80. The fourth-order valence-electron chi connectivity index (χ4n) is 1.16. The Morgan fingerprint density at radius 1 is 1.43 bits per heavy atom. The van der Waals surface area contributed by atoms with E-state index in [0.717, 1.165) is 5.56 Å². The van der Waals surface area contributed by atoms with Crippen LogP contribution in [0.2, 0.25) is 0 Å². The number of carbonyl (C=O) groups excluding carboxylic acids is 1. The Balaban J connectivity index is 3.19. The Kier molecular flexibility index (Phi) is 3.23. The molecule has 0 fully saturated rings. The number of benzene rings is 1. The van der Waals surface area contributed by atoms with E-state index in [0.29, 0.717) is 5.56 Å². The molecular formula is C10H12N2O2. The maximum Gasteiger partial charge on any atom is 0.271 e. The highest BCUT2D eigenvalue weighted by Gasteiger charge is 2.12. The summed E-state index contributed by atoms with van der Waals surface area (Å²) >= 11 is 0. The van der Waals surface area contributed by atoms with Gasteiger partial charge in [-0.15, -0.1) is 0 Å². The predicted octanol–water partition coefficient (Wildman–Crippen LogP) is 0.831. The zero-order valence-electron chi connectivity index (χ0n) is 8.15. The van der Waals surface area contributed by atoms with Crippen molar-refractivity contribution < 1.29 is 9.63 Å². The highest BCUT2D eigenvalue weighted by atomic mass is 16.6. The van der Waals surface area contributed by atoms with Crippen molar-refractivity contribution >= 4 is 11.6 Å². The van der Waals surface area contributed by atoms with Crippen LogP contribution in [0.25, 0.3) is 0 Å². The molecular weight excluding hydrogens is 180 g/mol. The van der Waals surface area contributed by atoms with Crippen molar-refractivity contribution in [3.8, 4) is 0 Å².